The van der Waals surface area contributed by atoms with E-state index in [1.807, 2.05) is 24.3 Å². The van der Waals surface area contributed by atoms with Crippen LogP contribution in [0, 0.1) is 0 Å². The Morgan fingerprint density at radius 2 is 2.21 bits per heavy atom. The van der Waals surface area contributed by atoms with E-state index >= 15 is 0 Å². The van der Waals surface area contributed by atoms with Crippen LogP contribution in [0.25, 0.3) is 0 Å². The summed E-state index contributed by atoms with van der Waals surface area (Å²) in [6.07, 6.45) is 0.996. The number of methoxy groups -OCH3 is 1. The third kappa shape index (κ3) is 6.15. The SMILES string of the molecule is CN=C(NCc1cc(C(C)C)no1)NC1CCN(c2cc(Cl)ccc2OC)C1.I. The lowest BCUT2D eigenvalue weighted by atomic mass is 10.1. The monoisotopic (exact) mass is 533 g/mol. The molecule has 1 atom stereocenters. The van der Waals surface area contributed by atoms with E-state index in [9.17, 15) is 0 Å². The summed E-state index contributed by atoms with van der Waals surface area (Å²) < 4.78 is 10.9. The topological polar surface area (TPSA) is 74.9 Å². The third-order valence-corrected chi connectivity index (χ3v) is 5.07. The van der Waals surface area contributed by atoms with E-state index in [0.29, 0.717) is 17.5 Å². The molecule has 2 N–H and O–H groups in total. The number of guanidine groups is 1. The molecule has 1 fully saturated rings. The number of rotatable bonds is 6. The lowest BCUT2D eigenvalue weighted by molar-refractivity contribution is 0.371. The Bertz CT molecular complexity index is 827. The average molecular weight is 534 g/mol. The van der Waals surface area contributed by atoms with Gasteiger partial charge >= 0.3 is 0 Å². The first kappa shape index (κ1) is 23.6. The first-order valence-electron chi connectivity index (χ1n) is 9.51. The highest BCUT2D eigenvalue weighted by atomic mass is 127. The molecule has 1 aliphatic heterocycles. The van der Waals surface area contributed by atoms with Crippen molar-refractivity contribution in [1.29, 1.82) is 0 Å². The maximum atomic E-state index is 6.18. The number of benzene rings is 1. The molecule has 0 radical (unpaired) electrons. The van der Waals surface area contributed by atoms with Gasteiger partial charge in [-0.25, -0.2) is 0 Å². The lowest BCUT2D eigenvalue weighted by Crippen LogP contribution is -2.44. The summed E-state index contributed by atoms with van der Waals surface area (Å²) in [5, 5.41) is 11.6. The molecule has 0 amide bonds. The zero-order valence-corrected chi connectivity index (χ0v) is 20.3. The predicted molar refractivity (Wildman–Crippen MR) is 128 cm³/mol. The molecule has 2 heterocycles. The van der Waals surface area contributed by atoms with Gasteiger partial charge in [-0.1, -0.05) is 30.6 Å². The Balaban J connectivity index is 0.00000300. The number of aromatic nitrogens is 1. The molecule has 0 spiro atoms. The molecule has 1 aliphatic rings. The molecule has 160 valence electrons. The molecule has 0 bridgehead atoms. The molecule has 1 aromatic heterocycles. The highest BCUT2D eigenvalue weighted by molar-refractivity contribution is 14.0. The number of halogens is 2. The molecule has 3 rings (SSSR count). The molecule has 1 aromatic carbocycles. The molecule has 9 heteroatoms. The second-order valence-electron chi connectivity index (χ2n) is 7.19. The van der Waals surface area contributed by atoms with E-state index in [2.05, 4.69) is 39.5 Å². The van der Waals surface area contributed by atoms with Gasteiger partial charge in [0.15, 0.2) is 11.7 Å². The van der Waals surface area contributed by atoms with Crippen LogP contribution in [0.5, 0.6) is 5.75 Å². The van der Waals surface area contributed by atoms with Gasteiger partial charge in [0.2, 0.25) is 0 Å². The maximum Gasteiger partial charge on any atom is 0.191 e. The van der Waals surface area contributed by atoms with Crippen molar-refractivity contribution < 1.29 is 9.26 Å². The number of ether oxygens (including phenoxy) is 1. The van der Waals surface area contributed by atoms with E-state index in [0.717, 1.165) is 48.4 Å². The summed E-state index contributed by atoms with van der Waals surface area (Å²) >= 11 is 6.18. The van der Waals surface area contributed by atoms with Crippen molar-refractivity contribution in [1.82, 2.24) is 15.8 Å². The Morgan fingerprint density at radius 1 is 1.41 bits per heavy atom. The van der Waals surface area contributed by atoms with Crippen molar-refractivity contribution in [2.45, 2.75) is 38.8 Å². The highest BCUT2D eigenvalue weighted by Crippen LogP contribution is 2.33. The van der Waals surface area contributed by atoms with Crippen molar-refractivity contribution in [2.75, 3.05) is 32.1 Å². The van der Waals surface area contributed by atoms with Gasteiger partial charge in [0, 0.05) is 37.3 Å². The summed E-state index contributed by atoms with van der Waals surface area (Å²) in [6, 6.07) is 7.95. The smallest absolute Gasteiger partial charge is 0.191 e. The van der Waals surface area contributed by atoms with Gasteiger partial charge in [-0.05, 0) is 30.5 Å². The van der Waals surface area contributed by atoms with Gasteiger partial charge in [-0.2, -0.15) is 0 Å². The number of aliphatic imine (C=N–C) groups is 1. The highest BCUT2D eigenvalue weighted by Gasteiger charge is 2.25. The van der Waals surface area contributed by atoms with Crippen molar-refractivity contribution >= 4 is 47.2 Å². The van der Waals surface area contributed by atoms with Gasteiger partial charge in [0.1, 0.15) is 5.75 Å². The van der Waals surface area contributed by atoms with Crippen LogP contribution in [0.1, 0.15) is 37.6 Å². The molecule has 1 saturated heterocycles. The Morgan fingerprint density at radius 3 is 2.86 bits per heavy atom. The molecule has 0 aliphatic carbocycles. The van der Waals surface area contributed by atoms with Gasteiger partial charge < -0.3 is 24.8 Å². The molecule has 0 saturated carbocycles. The van der Waals surface area contributed by atoms with Crippen LogP contribution in [0.2, 0.25) is 5.02 Å². The summed E-state index contributed by atoms with van der Waals surface area (Å²) in [6.45, 7) is 6.49. The van der Waals surface area contributed by atoms with E-state index < -0.39 is 0 Å². The number of nitrogens with one attached hydrogen (secondary N) is 2. The minimum absolute atomic E-state index is 0. The zero-order chi connectivity index (χ0) is 20.1. The summed E-state index contributed by atoms with van der Waals surface area (Å²) in [7, 11) is 3.44. The van der Waals surface area contributed by atoms with E-state index in [1.165, 1.54) is 0 Å². The summed E-state index contributed by atoms with van der Waals surface area (Å²) in [4.78, 5) is 6.60. The van der Waals surface area contributed by atoms with Crippen molar-refractivity contribution in [3.8, 4) is 5.75 Å². The molecular weight excluding hydrogens is 505 g/mol. The first-order valence-corrected chi connectivity index (χ1v) is 9.89. The Kier molecular flexibility index (Phi) is 8.88. The zero-order valence-electron chi connectivity index (χ0n) is 17.2. The van der Waals surface area contributed by atoms with E-state index in [-0.39, 0.29) is 30.0 Å². The van der Waals surface area contributed by atoms with Crippen molar-refractivity contribution in [3.05, 3.63) is 40.7 Å². The lowest BCUT2D eigenvalue weighted by Gasteiger charge is -2.22. The van der Waals surface area contributed by atoms with Gasteiger partial charge in [0.25, 0.3) is 0 Å². The molecule has 7 nitrogen and oxygen atoms in total. The van der Waals surface area contributed by atoms with Crippen molar-refractivity contribution in [2.24, 2.45) is 4.99 Å². The van der Waals surface area contributed by atoms with Crippen LogP contribution >= 0.6 is 35.6 Å². The number of nitrogens with zero attached hydrogens (tertiary/aromatic N) is 3. The fourth-order valence-electron chi connectivity index (χ4n) is 3.25. The largest absolute Gasteiger partial charge is 0.495 e. The van der Waals surface area contributed by atoms with Gasteiger partial charge in [0.05, 0.1) is 25.0 Å². The first-order chi connectivity index (χ1) is 13.5. The average Bonchev–Trinajstić information content (AvgIpc) is 3.34. The van der Waals surface area contributed by atoms with Crippen LogP contribution in [-0.4, -0.2) is 44.4 Å². The molecule has 2 aromatic rings. The van der Waals surface area contributed by atoms with Crippen molar-refractivity contribution in [3.63, 3.8) is 0 Å². The predicted octanol–water partition coefficient (Wildman–Crippen LogP) is 4.02. The minimum Gasteiger partial charge on any atom is -0.495 e. The van der Waals surface area contributed by atoms with Crippen LogP contribution in [-0.2, 0) is 6.54 Å². The second-order valence-corrected chi connectivity index (χ2v) is 7.63. The van der Waals surface area contributed by atoms with Crippen LogP contribution in [0.3, 0.4) is 0 Å². The van der Waals surface area contributed by atoms with Crippen LogP contribution < -0.4 is 20.3 Å². The molecule has 1 unspecified atom stereocenters. The quantitative estimate of drug-likeness (QED) is 0.332. The fourth-order valence-corrected chi connectivity index (χ4v) is 3.42. The minimum atomic E-state index is 0. The number of hydrogen-bond donors (Lipinski definition) is 2. The summed E-state index contributed by atoms with van der Waals surface area (Å²) in [5.41, 5.74) is 1.98. The number of hydrogen-bond acceptors (Lipinski definition) is 5. The second kappa shape index (κ2) is 10.9. The standard InChI is InChI=1S/C20H28ClN5O2.HI/c1-13(2)17-10-16(28-25-17)11-23-20(22-3)24-15-7-8-26(12-15)18-9-14(21)5-6-19(18)27-4;/h5-6,9-10,13,15H,7-8,11-12H2,1-4H3,(H2,22,23,24);1H. The maximum absolute atomic E-state index is 6.18. The normalized spacial score (nSPS) is 16.7. The Labute approximate surface area is 194 Å². The van der Waals surface area contributed by atoms with E-state index in [4.69, 9.17) is 20.9 Å². The van der Waals surface area contributed by atoms with Crippen LogP contribution in [0.15, 0.2) is 33.8 Å². The van der Waals surface area contributed by atoms with E-state index in [1.54, 1.807) is 14.2 Å². The van der Waals surface area contributed by atoms with Gasteiger partial charge in [-0.15, -0.1) is 24.0 Å². The third-order valence-electron chi connectivity index (χ3n) is 4.83. The number of anilines is 1. The summed E-state index contributed by atoms with van der Waals surface area (Å²) in [5.74, 6) is 2.72. The fraction of sp³-hybridized carbons (Fsp3) is 0.500. The molecule has 29 heavy (non-hydrogen) atoms. The van der Waals surface area contributed by atoms with Crippen LogP contribution in [0.4, 0.5) is 5.69 Å². The van der Waals surface area contributed by atoms with Gasteiger partial charge in [-0.3, -0.25) is 4.99 Å². The Hall–Kier alpha value is -1.68. The molecular formula is C20H29ClIN5O2.